The molecule has 20 heavy (non-hydrogen) atoms. The molecule has 0 saturated heterocycles. The van der Waals surface area contributed by atoms with Crippen molar-refractivity contribution in [3.05, 3.63) is 28.8 Å². The number of hydrogen-bond donors (Lipinski definition) is 1. The Morgan fingerprint density at radius 3 is 2.95 bits per heavy atom. The van der Waals surface area contributed by atoms with Crippen LogP contribution in [-0.4, -0.2) is 54.9 Å². The number of rotatable bonds is 8. The Balaban J connectivity index is 1.72. The summed E-state index contributed by atoms with van der Waals surface area (Å²) >= 11 is 1.73. The van der Waals surface area contributed by atoms with Crippen LogP contribution < -0.4 is 0 Å². The lowest BCUT2D eigenvalue weighted by molar-refractivity contribution is 0.107. The molecule has 1 heterocycles. The highest BCUT2D eigenvalue weighted by Crippen LogP contribution is 2.22. The Kier molecular flexibility index (Phi) is 5.91. The third-order valence-corrected chi connectivity index (χ3v) is 4.14. The number of hydrogen-bond acceptors (Lipinski definition) is 5. The van der Waals surface area contributed by atoms with E-state index in [4.69, 9.17) is 9.84 Å². The SMILES string of the molecule is Cc1nc2cc(CCOCCN(C)CCO)ccc2s1. The summed E-state index contributed by atoms with van der Waals surface area (Å²) in [5.74, 6) is 0. The molecule has 1 N–H and O–H groups in total. The zero-order valence-electron chi connectivity index (χ0n) is 12.1. The van der Waals surface area contributed by atoms with Gasteiger partial charge in [0, 0.05) is 13.1 Å². The van der Waals surface area contributed by atoms with Crippen LogP contribution in [-0.2, 0) is 11.2 Å². The zero-order valence-corrected chi connectivity index (χ0v) is 12.9. The van der Waals surface area contributed by atoms with Gasteiger partial charge in [-0.1, -0.05) is 6.07 Å². The normalized spacial score (nSPS) is 11.6. The van der Waals surface area contributed by atoms with Gasteiger partial charge in [-0.3, -0.25) is 0 Å². The number of nitrogens with zero attached hydrogens (tertiary/aromatic N) is 2. The van der Waals surface area contributed by atoms with E-state index in [0.717, 1.165) is 30.1 Å². The van der Waals surface area contributed by atoms with Crippen LogP contribution in [0, 0.1) is 6.92 Å². The molecule has 0 amide bonds. The zero-order chi connectivity index (χ0) is 14.4. The van der Waals surface area contributed by atoms with Crippen molar-refractivity contribution in [3.63, 3.8) is 0 Å². The van der Waals surface area contributed by atoms with Crippen molar-refractivity contribution < 1.29 is 9.84 Å². The van der Waals surface area contributed by atoms with Crippen molar-refractivity contribution in [3.8, 4) is 0 Å². The monoisotopic (exact) mass is 294 g/mol. The highest BCUT2D eigenvalue weighted by atomic mass is 32.1. The first-order valence-corrected chi connectivity index (χ1v) is 7.74. The van der Waals surface area contributed by atoms with Crippen LogP contribution in [0.15, 0.2) is 18.2 Å². The van der Waals surface area contributed by atoms with Gasteiger partial charge in [-0.05, 0) is 38.1 Å². The smallest absolute Gasteiger partial charge is 0.0907 e. The van der Waals surface area contributed by atoms with Crippen LogP contribution in [0.4, 0.5) is 0 Å². The molecule has 1 aromatic heterocycles. The summed E-state index contributed by atoms with van der Waals surface area (Å²) in [7, 11) is 1.98. The number of thiazole rings is 1. The summed E-state index contributed by atoms with van der Waals surface area (Å²) < 4.78 is 6.88. The lowest BCUT2D eigenvalue weighted by Gasteiger charge is -2.14. The fraction of sp³-hybridized carbons (Fsp3) is 0.533. The van der Waals surface area contributed by atoms with Gasteiger partial charge in [0.25, 0.3) is 0 Å². The minimum Gasteiger partial charge on any atom is -0.395 e. The third-order valence-electron chi connectivity index (χ3n) is 3.19. The first kappa shape index (κ1) is 15.4. The second-order valence-corrected chi connectivity index (χ2v) is 6.16. The number of ether oxygens (including phenoxy) is 1. The fourth-order valence-corrected chi connectivity index (χ4v) is 2.85. The van der Waals surface area contributed by atoms with Crippen LogP contribution in [0.1, 0.15) is 10.6 Å². The van der Waals surface area contributed by atoms with E-state index >= 15 is 0 Å². The molecule has 0 unspecified atom stereocenters. The number of fused-ring (bicyclic) bond motifs is 1. The maximum Gasteiger partial charge on any atom is 0.0907 e. The van der Waals surface area contributed by atoms with Crippen molar-refractivity contribution in [2.75, 3.05) is 40.0 Å². The second kappa shape index (κ2) is 7.69. The summed E-state index contributed by atoms with van der Waals surface area (Å²) in [6.45, 7) is 5.21. The molecular formula is C15H22N2O2S. The number of benzene rings is 1. The van der Waals surface area contributed by atoms with Crippen LogP contribution in [0.2, 0.25) is 0 Å². The molecule has 1 aromatic carbocycles. The van der Waals surface area contributed by atoms with E-state index in [1.165, 1.54) is 10.3 Å². The Labute approximate surface area is 124 Å². The molecular weight excluding hydrogens is 272 g/mol. The highest BCUT2D eigenvalue weighted by molar-refractivity contribution is 7.18. The summed E-state index contributed by atoms with van der Waals surface area (Å²) in [5, 5.41) is 9.90. The van der Waals surface area contributed by atoms with Crippen molar-refractivity contribution in [2.24, 2.45) is 0 Å². The fourth-order valence-electron chi connectivity index (χ4n) is 2.04. The number of aromatic nitrogens is 1. The Hall–Kier alpha value is -1.01. The van der Waals surface area contributed by atoms with Crippen LogP contribution in [0.5, 0.6) is 0 Å². The molecule has 0 aliphatic rings. The molecule has 0 radical (unpaired) electrons. The quantitative estimate of drug-likeness (QED) is 0.757. The summed E-state index contributed by atoms with van der Waals surface area (Å²) in [6, 6.07) is 6.45. The molecule has 0 bridgehead atoms. The Morgan fingerprint density at radius 2 is 2.15 bits per heavy atom. The van der Waals surface area contributed by atoms with E-state index < -0.39 is 0 Å². The van der Waals surface area contributed by atoms with Crippen LogP contribution in [0.25, 0.3) is 10.2 Å². The molecule has 0 spiro atoms. The minimum atomic E-state index is 0.198. The van der Waals surface area contributed by atoms with E-state index in [1.807, 2.05) is 14.0 Å². The van der Waals surface area contributed by atoms with Gasteiger partial charge < -0.3 is 14.7 Å². The Bertz CT molecular complexity index is 542. The molecule has 0 fully saturated rings. The van der Waals surface area contributed by atoms with Crippen LogP contribution in [0.3, 0.4) is 0 Å². The van der Waals surface area contributed by atoms with Gasteiger partial charge in [0.2, 0.25) is 0 Å². The molecule has 0 atom stereocenters. The van der Waals surface area contributed by atoms with Gasteiger partial charge in [-0.25, -0.2) is 4.98 Å². The van der Waals surface area contributed by atoms with Gasteiger partial charge >= 0.3 is 0 Å². The van der Waals surface area contributed by atoms with Gasteiger partial charge in [0.05, 0.1) is 35.0 Å². The lowest BCUT2D eigenvalue weighted by Crippen LogP contribution is -2.26. The van der Waals surface area contributed by atoms with Gasteiger partial charge in [0.1, 0.15) is 0 Å². The predicted molar refractivity (Wildman–Crippen MR) is 83.5 cm³/mol. The number of aliphatic hydroxyl groups excluding tert-OH is 1. The standard InChI is InChI=1S/C15H22N2O2S/c1-12-16-14-11-13(3-4-15(14)20-12)5-9-19-10-7-17(2)6-8-18/h3-4,11,18H,5-10H2,1-2H3. The summed E-state index contributed by atoms with van der Waals surface area (Å²) in [6.07, 6.45) is 0.913. The van der Waals surface area contributed by atoms with E-state index in [1.54, 1.807) is 11.3 Å². The van der Waals surface area contributed by atoms with E-state index in [-0.39, 0.29) is 6.61 Å². The number of aliphatic hydroxyl groups is 1. The number of aryl methyl sites for hydroxylation is 1. The molecule has 110 valence electrons. The summed E-state index contributed by atoms with van der Waals surface area (Å²) in [5.41, 5.74) is 2.36. The van der Waals surface area contributed by atoms with Gasteiger partial charge in [-0.15, -0.1) is 11.3 Å². The molecule has 5 heteroatoms. The average molecular weight is 294 g/mol. The largest absolute Gasteiger partial charge is 0.395 e. The maximum atomic E-state index is 8.79. The van der Waals surface area contributed by atoms with Crippen molar-refractivity contribution >= 4 is 21.6 Å². The predicted octanol–water partition coefficient (Wildman–Crippen LogP) is 2.09. The lowest BCUT2D eigenvalue weighted by atomic mass is 10.1. The molecule has 2 rings (SSSR count). The van der Waals surface area contributed by atoms with E-state index in [2.05, 4.69) is 28.1 Å². The first-order valence-electron chi connectivity index (χ1n) is 6.92. The molecule has 2 aromatic rings. The first-order chi connectivity index (χ1) is 9.69. The molecule has 4 nitrogen and oxygen atoms in total. The van der Waals surface area contributed by atoms with Gasteiger partial charge in [0.15, 0.2) is 0 Å². The highest BCUT2D eigenvalue weighted by Gasteiger charge is 2.02. The minimum absolute atomic E-state index is 0.198. The Morgan fingerprint density at radius 1 is 1.30 bits per heavy atom. The van der Waals surface area contributed by atoms with Crippen molar-refractivity contribution in [1.82, 2.24) is 9.88 Å². The second-order valence-electron chi connectivity index (χ2n) is 4.92. The molecule has 0 saturated carbocycles. The molecule has 0 aliphatic carbocycles. The maximum absolute atomic E-state index is 8.79. The third kappa shape index (κ3) is 4.52. The van der Waals surface area contributed by atoms with E-state index in [0.29, 0.717) is 13.2 Å². The van der Waals surface area contributed by atoms with Crippen molar-refractivity contribution in [2.45, 2.75) is 13.3 Å². The topological polar surface area (TPSA) is 45.6 Å². The summed E-state index contributed by atoms with van der Waals surface area (Å²) in [4.78, 5) is 6.57. The van der Waals surface area contributed by atoms with Crippen LogP contribution >= 0.6 is 11.3 Å². The van der Waals surface area contributed by atoms with Crippen molar-refractivity contribution in [1.29, 1.82) is 0 Å². The average Bonchev–Trinajstić information content (AvgIpc) is 2.78. The number of likely N-dealkylation sites (N-methyl/N-ethyl adjacent to an activating group) is 1. The van der Waals surface area contributed by atoms with Gasteiger partial charge in [-0.2, -0.15) is 0 Å². The van der Waals surface area contributed by atoms with E-state index in [9.17, 15) is 0 Å². The molecule has 0 aliphatic heterocycles.